The van der Waals surface area contributed by atoms with Gasteiger partial charge in [-0.3, -0.25) is 0 Å². The number of nitriles is 1. The van der Waals surface area contributed by atoms with E-state index in [0.717, 1.165) is 37.4 Å². The van der Waals surface area contributed by atoms with E-state index in [1.807, 2.05) is 36.7 Å². The fourth-order valence-electron chi connectivity index (χ4n) is 3.21. The molecular formula is C18H22N4. The van der Waals surface area contributed by atoms with E-state index >= 15 is 0 Å². The highest BCUT2D eigenvalue weighted by Gasteiger charge is 2.25. The van der Waals surface area contributed by atoms with Crippen LogP contribution in [0.15, 0.2) is 36.7 Å². The normalized spacial score (nSPS) is 16.8. The minimum Gasteiger partial charge on any atom is -0.304 e. The third kappa shape index (κ3) is 2.90. The molecule has 0 amide bonds. The van der Waals surface area contributed by atoms with Gasteiger partial charge in [-0.2, -0.15) is 5.26 Å². The molecular weight excluding hydrogens is 272 g/mol. The van der Waals surface area contributed by atoms with E-state index in [1.165, 1.54) is 0 Å². The molecule has 114 valence electrons. The van der Waals surface area contributed by atoms with Gasteiger partial charge in [0.2, 0.25) is 0 Å². The summed E-state index contributed by atoms with van der Waals surface area (Å²) in [4.78, 5) is 7.14. The first-order valence-electron chi connectivity index (χ1n) is 7.97. The molecule has 0 aliphatic carbocycles. The smallest absolute Gasteiger partial charge is 0.116 e. The van der Waals surface area contributed by atoms with Crippen molar-refractivity contribution in [2.75, 3.05) is 13.1 Å². The van der Waals surface area contributed by atoms with Crippen molar-refractivity contribution in [1.82, 2.24) is 14.5 Å². The highest BCUT2D eigenvalue weighted by molar-refractivity contribution is 5.40. The Morgan fingerprint density at radius 2 is 1.86 bits per heavy atom. The molecule has 0 spiro atoms. The van der Waals surface area contributed by atoms with Crippen LogP contribution in [-0.4, -0.2) is 33.6 Å². The summed E-state index contributed by atoms with van der Waals surface area (Å²) in [7, 11) is 0. The van der Waals surface area contributed by atoms with E-state index in [9.17, 15) is 0 Å². The van der Waals surface area contributed by atoms with Gasteiger partial charge in [-0.1, -0.05) is 0 Å². The Balaban J connectivity index is 1.79. The molecule has 22 heavy (non-hydrogen) atoms. The number of aromatic nitrogens is 2. The third-order valence-corrected chi connectivity index (χ3v) is 4.57. The predicted molar refractivity (Wildman–Crippen MR) is 87.0 cm³/mol. The lowest BCUT2D eigenvalue weighted by atomic mass is 9.95. The van der Waals surface area contributed by atoms with Crippen LogP contribution in [0.25, 0.3) is 5.69 Å². The van der Waals surface area contributed by atoms with Crippen molar-refractivity contribution in [3.05, 3.63) is 48.0 Å². The van der Waals surface area contributed by atoms with Crippen LogP contribution in [-0.2, 0) is 0 Å². The van der Waals surface area contributed by atoms with Gasteiger partial charge in [-0.05, 0) is 64.0 Å². The zero-order valence-electron chi connectivity index (χ0n) is 13.2. The number of hydrogen-bond donors (Lipinski definition) is 0. The van der Waals surface area contributed by atoms with Crippen LogP contribution in [0.3, 0.4) is 0 Å². The van der Waals surface area contributed by atoms with Crippen LogP contribution in [0.4, 0.5) is 0 Å². The Morgan fingerprint density at radius 1 is 1.18 bits per heavy atom. The minimum absolute atomic E-state index is 0.514. The summed E-state index contributed by atoms with van der Waals surface area (Å²) in [6.07, 6.45) is 6.21. The third-order valence-electron chi connectivity index (χ3n) is 4.57. The number of rotatable bonds is 3. The van der Waals surface area contributed by atoms with Crippen LogP contribution in [0, 0.1) is 11.3 Å². The highest BCUT2D eigenvalue weighted by atomic mass is 15.2. The summed E-state index contributed by atoms with van der Waals surface area (Å²) < 4.78 is 2.16. The molecule has 3 rings (SSSR count). The lowest BCUT2D eigenvalue weighted by Crippen LogP contribution is -2.38. The van der Waals surface area contributed by atoms with Gasteiger partial charge in [-0.15, -0.1) is 0 Å². The number of hydrogen-bond acceptors (Lipinski definition) is 3. The van der Waals surface area contributed by atoms with E-state index in [0.29, 0.717) is 17.5 Å². The molecule has 0 unspecified atom stereocenters. The van der Waals surface area contributed by atoms with Gasteiger partial charge in [0.1, 0.15) is 5.82 Å². The first kappa shape index (κ1) is 14.8. The molecule has 0 bridgehead atoms. The van der Waals surface area contributed by atoms with Crippen LogP contribution in [0.2, 0.25) is 0 Å². The predicted octanol–water partition coefficient (Wildman–Crippen LogP) is 3.33. The second kappa shape index (κ2) is 6.33. The standard InChI is InChI=1S/C18H22N4/c1-14(2)21-10-7-16(8-11-21)18-20-9-12-22(18)17-5-3-15(13-19)4-6-17/h3-6,9,12,14,16H,7-8,10-11H2,1-2H3. The lowest BCUT2D eigenvalue weighted by Gasteiger charge is -2.34. The number of likely N-dealkylation sites (tertiary alicyclic amines) is 1. The van der Waals surface area contributed by atoms with Crippen molar-refractivity contribution in [2.45, 2.75) is 38.6 Å². The molecule has 1 saturated heterocycles. The lowest BCUT2D eigenvalue weighted by molar-refractivity contribution is 0.169. The summed E-state index contributed by atoms with van der Waals surface area (Å²) in [5.74, 6) is 1.66. The quantitative estimate of drug-likeness (QED) is 0.872. The van der Waals surface area contributed by atoms with E-state index in [4.69, 9.17) is 5.26 Å². The van der Waals surface area contributed by atoms with Crippen LogP contribution in [0.1, 0.15) is 44.0 Å². The fourth-order valence-corrected chi connectivity index (χ4v) is 3.21. The number of imidazole rings is 1. The Kier molecular flexibility index (Phi) is 4.26. The topological polar surface area (TPSA) is 44.9 Å². The average Bonchev–Trinajstić information content (AvgIpc) is 3.04. The van der Waals surface area contributed by atoms with Gasteiger partial charge >= 0.3 is 0 Å². The van der Waals surface area contributed by atoms with Crippen molar-refractivity contribution >= 4 is 0 Å². The fraction of sp³-hybridized carbons (Fsp3) is 0.444. The molecule has 0 atom stereocenters. The Labute approximate surface area is 132 Å². The summed E-state index contributed by atoms with van der Waals surface area (Å²) in [5.41, 5.74) is 1.77. The second-order valence-electron chi connectivity index (χ2n) is 6.22. The zero-order chi connectivity index (χ0) is 15.5. The molecule has 0 saturated carbocycles. The Bertz CT molecular complexity index is 655. The maximum absolute atomic E-state index is 8.91. The molecule has 1 aromatic heterocycles. The van der Waals surface area contributed by atoms with Crippen molar-refractivity contribution in [1.29, 1.82) is 5.26 Å². The molecule has 2 heterocycles. The van der Waals surface area contributed by atoms with Crippen LogP contribution < -0.4 is 0 Å². The Hall–Kier alpha value is -2.12. The van der Waals surface area contributed by atoms with Gasteiger partial charge in [-0.25, -0.2) is 4.98 Å². The van der Waals surface area contributed by atoms with Crippen molar-refractivity contribution < 1.29 is 0 Å². The molecule has 1 aliphatic heterocycles. The van der Waals surface area contributed by atoms with Gasteiger partial charge in [0.15, 0.2) is 0 Å². The number of benzene rings is 1. The molecule has 4 nitrogen and oxygen atoms in total. The summed E-state index contributed by atoms with van der Waals surface area (Å²) in [5, 5.41) is 8.91. The maximum atomic E-state index is 8.91. The van der Waals surface area contributed by atoms with Gasteiger partial charge in [0.05, 0.1) is 11.6 Å². The van der Waals surface area contributed by atoms with Gasteiger partial charge in [0, 0.05) is 30.0 Å². The first-order valence-corrected chi connectivity index (χ1v) is 7.97. The van der Waals surface area contributed by atoms with Gasteiger partial charge < -0.3 is 9.47 Å². The van der Waals surface area contributed by atoms with Crippen LogP contribution >= 0.6 is 0 Å². The summed E-state index contributed by atoms with van der Waals surface area (Å²) in [6, 6.07) is 10.5. The van der Waals surface area contributed by atoms with Crippen molar-refractivity contribution in [3.63, 3.8) is 0 Å². The highest BCUT2D eigenvalue weighted by Crippen LogP contribution is 2.29. The molecule has 1 fully saturated rings. The first-order chi connectivity index (χ1) is 10.7. The van der Waals surface area contributed by atoms with E-state index in [-0.39, 0.29) is 0 Å². The SMILES string of the molecule is CC(C)N1CCC(c2nccn2-c2ccc(C#N)cc2)CC1. The van der Waals surface area contributed by atoms with E-state index < -0.39 is 0 Å². The molecule has 1 aliphatic rings. The molecule has 0 radical (unpaired) electrons. The molecule has 2 aromatic rings. The maximum Gasteiger partial charge on any atom is 0.116 e. The number of nitrogens with zero attached hydrogens (tertiary/aromatic N) is 4. The Morgan fingerprint density at radius 3 is 2.45 bits per heavy atom. The minimum atomic E-state index is 0.514. The molecule has 4 heteroatoms. The zero-order valence-corrected chi connectivity index (χ0v) is 13.2. The molecule has 0 N–H and O–H groups in total. The summed E-state index contributed by atoms with van der Waals surface area (Å²) in [6.45, 7) is 6.81. The van der Waals surface area contributed by atoms with Crippen molar-refractivity contribution in [2.24, 2.45) is 0 Å². The largest absolute Gasteiger partial charge is 0.304 e. The van der Waals surface area contributed by atoms with E-state index in [1.54, 1.807) is 0 Å². The van der Waals surface area contributed by atoms with Crippen LogP contribution in [0.5, 0.6) is 0 Å². The number of piperidine rings is 1. The average molecular weight is 294 g/mol. The second-order valence-corrected chi connectivity index (χ2v) is 6.22. The van der Waals surface area contributed by atoms with Gasteiger partial charge in [0.25, 0.3) is 0 Å². The monoisotopic (exact) mass is 294 g/mol. The summed E-state index contributed by atoms with van der Waals surface area (Å²) >= 11 is 0. The van der Waals surface area contributed by atoms with Crippen molar-refractivity contribution in [3.8, 4) is 11.8 Å². The molecule has 1 aromatic carbocycles. The van der Waals surface area contributed by atoms with E-state index in [2.05, 4.69) is 34.4 Å².